The Kier molecular flexibility index (Phi) is 3.79. The minimum atomic E-state index is -0.340. The number of fused-ring (bicyclic) bond motifs is 1. The predicted molar refractivity (Wildman–Crippen MR) is 76.1 cm³/mol. The van der Waals surface area contributed by atoms with Gasteiger partial charge in [-0.25, -0.2) is 0 Å². The Bertz CT molecular complexity index is 567. The first-order chi connectivity index (χ1) is 10.1. The average Bonchev–Trinajstić information content (AvgIpc) is 3.00. The van der Waals surface area contributed by atoms with Crippen molar-refractivity contribution in [2.75, 3.05) is 18.5 Å². The lowest BCUT2D eigenvalue weighted by atomic mass is 10.1. The lowest BCUT2D eigenvalue weighted by Gasteiger charge is -2.21. The van der Waals surface area contributed by atoms with Gasteiger partial charge in [0.05, 0.1) is 11.7 Å². The second kappa shape index (κ2) is 5.73. The van der Waals surface area contributed by atoms with Crippen LogP contribution in [-0.2, 0) is 14.3 Å². The van der Waals surface area contributed by atoms with E-state index in [1.165, 1.54) is 0 Å². The third-order valence-electron chi connectivity index (χ3n) is 3.72. The zero-order valence-electron chi connectivity index (χ0n) is 11.8. The van der Waals surface area contributed by atoms with Gasteiger partial charge >= 0.3 is 0 Å². The molecule has 112 valence electrons. The van der Waals surface area contributed by atoms with Crippen molar-refractivity contribution in [3.63, 3.8) is 0 Å². The summed E-state index contributed by atoms with van der Waals surface area (Å²) in [5, 5.41) is 5.70. The average molecular weight is 290 g/mol. The van der Waals surface area contributed by atoms with Crippen molar-refractivity contribution in [1.29, 1.82) is 0 Å². The van der Waals surface area contributed by atoms with Gasteiger partial charge in [0, 0.05) is 6.61 Å². The van der Waals surface area contributed by atoms with Crippen LogP contribution >= 0.6 is 0 Å². The number of nitrogens with one attached hydrogen (secondary N) is 2. The van der Waals surface area contributed by atoms with Crippen LogP contribution in [0.4, 0.5) is 5.69 Å². The fourth-order valence-electron chi connectivity index (χ4n) is 2.54. The smallest absolute Gasteiger partial charge is 0.262 e. The zero-order valence-corrected chi connectivity index (χ0v) is 11.8. The van der Waals surface area contributed by atoms with Gasteiger partial charge in [-0.1, -0.05) is 6.07 Å². The van der Waals surface area contributed by atoms with E-state index in [-0.39, 0.29) is 30.6 Å². The predicted octanol–water partition coefficient (Wildman–Crippen LogP) is 1.37. The lowest BCUT2D eigenvalue weighted by Crippen LogP contribution is -2.35. The molecule has 1 aromatic rings. The highest BCUT2D eigenvalue weighted by molar-refractivity contribution is 5.95. The molecular weight excluding hydrogens is 272 g/mol. The normalized spacial score (nSPS) is 22.0. The second-order valence-electron chi connectivity index (χ2n) is 5.32. The van der Waals surface area contributed by atoms with Crippen LogP contribution in [0.1, 0.15) is 31.4 Å². The molecule has 6 heteroatoms. The molecule has 2 aliphatic heterocycles. The lowest BCUT2D eigenvalue weighted by molar-refractivity contribution is -0.130. The maximum atomic E-state index is 12.0. The number of benzene rings is 1. The maximum absolute atomic E-state index is 12.0. The molecular formula is C15H18N2O4. The molecule has 3 rings (SSSR count). The standard InChI is InChI=1S/C15H18N2O4/c1-9(16-15(19)13-3-2-6-20-13)10-4-5-12-11(7-10)17-14(18)8-21-12/h4-5,7,9,13H,2-3,6,8H2,1H3,(H,16,19)(H,17,18)/t9-,13-/m0/s1. The minimum Gasteiger partial charge on any atom is -0.482 e. The van der Waals surface area contributed by atoms with Gasteiger partial charge < -0.3 is 20.1 Å². The molecule has 21 heavy (non-hydrogen) atoms. The van der Waals surface area contributed by atoms with E-state index < -0.39 is 0 Å². The maximum Gasteiger partial charge on any atom is 0.262 e. The molecule has 0 radical (unpaired) electrons. The second-order valence-corrected chi connectivity index (χ2v) is 5.32. The van der Waals surface area contributed by atoms with Crippen LogP contribution in [0.25, 0.3) is 0 Å². The van der Waals surface area contributed by atoms with Crippen LogP contribution in [0, 0.1) is 0 Å². The first-order valence-corrected chi connectivity index (χ1v) is 7.12. The highest BCUT2D eigenvalue weighted by atomic mass is 16.5. The highest BCUT2D eigenvalue weighted by Crippen LogP contribution is 2.30. The number of hydrogen-bond acceptors (Lipinski definition) is 4. The van der Waals surface area contributed by atoms with Crippen molar-refractivity contribution in [3.8, 4) is 5.75 Å². The first kappa shape index (κ1) is 13.9. The number of anilines is 1. The third kappa shape index (κ3) is 3.00. The number of carbonyl (C=O) groups is 2. The Hall–Kier alpha value is -2.08. The van der Waals surface area contributed by atoms with Gasteiger partial charge in [0.2, 0.25) is 5.91 Å². The van der Waals surface area contributed by atoms with E-state index in [1.54, 1.807) is 6.07 Å². The molecule has 6 nitrogen and oxygen atoms in total. The number of amides is 2. The Labute approximate surface area is 122 Å². The number of ether oxygens (including phenoxy) is 2. The third-order valence-corrected chi connectivity index (χ3v) is 3.72. The molecule has 0 aliphatic carbocycles. The summed E-state index contributed by atoms with van der Waals surface area (Å²) in [5.74, 6) is 0.393. The van der Waals surface area contributed by atoms with Crippen LogP contribution in [0.15, 0.2) is 18.2 Å². The molecule has 2 heterocycles. The molecule has 2 N–H and O–H groups in total. The van der Waals surface area contributed by atoms with Crippen molar-refractivity contribution >= 4 is 17.5 Å². The van der Waals surface area contributed by atoms with Gasteiger partial charge in [-0.15, -0.1) is 0 Å². The van der Waals surface area contributed by atoms with Crippen molar-refractivity contribution in [1.82, 2.24) is 5.32 Å². The fraction of sp³-hybridized carbons (Fsp3) is 0.467. The molecule has 0 aromatic heterocycles. The van der Waals surface area contributed by atoms with Crippen molar-refractivity contribution < 1.29 is 19.1 Å². The van der Waals surface area contributed by atoms with Crippen LogP contribution in [0.2, 0.25) is 0 Å². The van der Waals surface area contributed by atoms with E-state index in [9.17, 15) is 9.59 Å². The van der Waals surface area contributed by atoms with E-state index >= 15 is 0 Å². The summed E-state index contributed by atoms with van der Waals surface area (Å²) in [7, 11) is 0. The monoisotopic (exact) mass is 290 g/mol. The van der Waals surface area contributed by atoms with Gasteiger partial charge in [-0.2, -0.15) is 0 Å². The molecule has 2 amide bonds. The van der Waals surface area contributed by atoms with Crippen LogP contribution in [0.5, 0.6) is 5.75 Å². The first-order valence-electron chi connectivity index (χ1n) is 7.12. The van der Waals surface area contributed by atoms with E-state index in [1.807, 2.05) is 19.1 Å². The molecule has 2 atom stereocenters. The molecule has 2 aliphatic rings. The van der Waals surface area contributed by atoms with Crippen LogP contribution < -0.4 is 15.4 Å². The van der Waals surface area contributed by atoms with Crippen molar-refractivity contribution in [2.24, 2.45) is 0 Å². The minimum absolute atomic E-state index is 0.0393. The van der Waals surface area contributed by atoms with E-state index in [0.29, 0.717) is 18.0 Å². The topological polar surface area (TPSA) is 76.7 Å². The molecule has 1 saturated heterocycles. The molecule has 0 spiro atoms. The molecule has 0 bridgehead atoms. The zero-order chi connectivity index (χ0) is 14.8. The Balaban J connectivity index is 1.69. The summed E-state index contributed by atoms with van der Waals surface area (Å²) in [5.41, 5.74) is 1.55. The van der Waals surface area contributed by atoms with E-state index in [4.69, 9.17) is 9.47 Å². The van der Waals surface area contributed by atoms with Gasteiger partial charge in [0.25, 0.3) is 5.91 Å². The van der Waals surface area contributed by atoms with E-state index in [0.717, 1.165) is 18.4 Å². The Morgan fingerprint density at radius 1 is 1.48 bits per heavy atom. The summed E-state index contributed by atoms with van der Waals surface area (Å²) in [4.78, 5) is 23.4. The molecule has 0 unspecified atom stereocenters. The van der Waals surface area contributed by atoms with Gasteiger partial charge in [-0.05, 0) is 37.5 Å². The fourth-order valence-corrected chi connectivity index (χ4v) is 2.54. The summed E-state index contributed by atoms with van der Waals surface area (Å²) in [6.07, 6.45) is 1.36. The van der Waals surface area contributed by atoms with Crippen molar-refractivity contribution in [2.45, 2.75) is 31.9 Å². The van der Waals surface area contributed by atoms with Gasteiger partial charge in [0.15, 0.2) is 6.61 Å². The Morgan fingerprint density at radius 2 is 2.33 bits per heavy atom. The summed E-state index contributed by atoms with van der Waals surface area (Å²) < 4.78 is 10.7. The summed E-state index contributed by atoms with van der Waals surface area (Å²) in [6.45, 7) is 2.59. The van der Waals surface area contributed by atoms with Crippen LogP contribution in [0.3, 0.4) is 0 Å². The molecule has 1 fully saturated rings. The summed E-state index contributed by atoms with van der Waals surface area (Å²) in [6, 6.07) is 5.36. The SMILES string of the molecule is C[C@H](NC(=O)[C@@H]1CCCO1)c1ccc2c(c1)NC(=O)CO2. The van der Waals surface area contributed by atoms with Crippen molar-refractivity contribution in [3.05, 3.63) is 23.8 Å². The van der Waals surface area contributed by atoms with Crippen LogP contribution in [-0.4, -0.2) is 31.1 Å². The summed E-state index contributed by atoms with van der Waals surface area (Å²) >= 11 is 0. The Morgan fingerprint density at radius 3 is 3.10 bits per heavy atom. The molecule has 0 saturated carbocycles. The van der Waals surface area contributed by atoms with E-state index in [2.05, 4.69) is 10.6 Å². The van der Waals surface area contributed by atoms with Gasteiger partial charge in [-0.3, -0.25) is 9.59 Å². The number of carbonyl (C=O) groups excluding carboxylic acids is 2. The van der Waals surface area contributed by atoms with Gasteiger partial charge in [0.1, 0.15) is 11.9 Å². The molecule has 1 aromatic carbocycles. The highest BCUT2D eigenvalue weighted by Gasteiger charge is 2.25. The number of rotatable bonds is 3. The quantitative estimate of drug-likeness (QED) is 0.881. The largest absolute Gasteiger partial charge is 0.482 e. The number of hydrogen-bond donors (Lipinski definition) is 2.